The van der Waals surface area contributed by atoms with Gasteiger partial charge in [-0.05, 0) is 12.8 Å². The van der Waals surface area contributed by atoms with Gasteiger partial charge in [0, 0.05) is 6.54 Å². The molecule has 0 spiro atoms. The van der Waals surface area contributed by atoms with Crippen LogP contribution in [0.3, 0.4) is 0 Å². The Morgan fingerprint density at radius 1 is 1.75 bits per heavy atom. The van der Waals surface area contributed by atoms with E-state index >= 15 is 0 Å². The Kier molecular flexibility index (Phi) is 5.01. The standard InChI is InChI=1S/C11H20N4O/c1-4-6-9(14-12)11-10(16-3)8-13-15(11)7-5-2/h4,8-9,14H,1,5-7,12H2,2-3H3. The molecule has 0 saturated carbocycles. The van der Waals surface area contributed by atoms with Crippen molar-refractivity contribution >= 4 is 0 Å². The van der Waals surface area contributed by atoms with Crippen LogP contribution in [0.15, 0.2) is 18.9 Å². The number of hydrogen-bond acceptors (Lipinski definition) is 4. The number of hydrogen-bond donors (Lipinski definition) is 2. The van der Waals surface area contributed by atoms with Crippen molar-refractivity contribution in [2.24, 2.45) is 5.84 Å². The summed E-state index contributed by atoms with van der Waals surface area (Å²) in [5.74, 6) is 6.31. The molecule has 16 heavy (non-hydrogen) atoms. The SMILES string of the molecule is C=CCC(NN)c1c(OC)cnn1CCC. The second-order valence-corrected chi connectivity index (χ2v) is 3.56. The first-order chi connectivity index (χ1) is 7.78. The van der Waals surface area contributed by atoms with Gasteiger partial charge in [0.1, 0.15) is 0 Å². The van der Waals surface area contributed by atoms with Crippen molar-refractivity contribution < 1.29 is 4.74 Å². The van der Waals surface area contributed by atoms with Crippen LogP contribution in [0, 0.1) is 0 Å². The van der Waals surface area contributed by atoms with Crippen molar-refractivity contribution in [3.63, 3.8) is 0 Å². The van der Waals surface area contributed by atoms with Crippen LogP contribution in [-0.2, 0) is 6.54 Å². The molecule has 5 nitrogen and oxygen atoms in total. The van der Waals surface area contributed by atoms with E-state index in [0.29, 0.717) is 0 Å². The second-order valence-electron chi connectivity index (χ2n) is 3.56. The van der Waals surface area contributed by atoms with Gasteiger partial charge in [0.25, 0.3) is 0 Å². The molecule has 0 fully saturated rings. The van der Waals surface area contributed by atoms with Crippen LogP contribution >= 0.6 is 0 Å². The number of aryl methyl sites for hydroxylation is 1. The van der Waals surface area contributed by atoms with Gasteiger partial charge in [-0.25, -0.2) is 0 Å². The van der Waals surface area contributed by atoms with E-state index in [2.05, 4.69) is 24.0 Å². The van der Waals surface area contributed by atoms with Gasteiger partial charge in [0.2, 0.25) is 0 Å². The summed E-state index contributed by atoms with van der Waals surface area (Å²) >= 11 is 0. The molecule has 1 aromatic heterocycles. The summed E-state index contributed by atoms with van der Waals surface area (Å²) in [5.41, 5.74) is 3.75. The van der Waals surface area contributed by atoms with E-state index in [0.717, 1.165) is 30.8 Å². The molecule has 1 aromatic rings. The highest BCUT2D eigenvalue weighted by molar-refractivity contribution is 5.28. The number of ether oxygens (including phenoxy) is 1. The predicted octanol–water partition coefficient (Wildman–Crippen LogP) is 1.38. The smallest absolute Gasteiger partial charge is 0.161 e. The molecule has 0 bridgehead atoms. The van der Waals surface area contributed by atoms with E-state index in [4.69, 9.17) is 10.6 Å². The van der Waals surface area contributed by atoms with Crippen molar-refractivity contribution in [2.75, 3.05) is 7.11 Å². The second kappa shape index (κ2) is 6.30. The third-order valence-electron chi connectivity index (χ3n) is 2.43. The Labute approximate surface area is 96.2 Å². The summed E-state index contributed by atoms with van der Waals surface area (Å²) in [7, 11) is 1.64. The minimum absolute atomic E-state index is 0.0125. The maximum absolute atomic E-state index is 5.54. The highest BCUT2D eigenvalue weighted by Gasteiger charge is 2.19. The molecule has 1 rings (SSSR count). The lowest BCUT2D eigenvalue weighted by Gasteiger charge is -2.17. The molecule has 3 N–H and O–H groups in total. The van der Waals surface area contributed by atoms with E-state index in [9.17, 15) is 0 Å². The molecule has 0 amide bonds. The zero-order chi connectivity index (χ0) is 12.0. The average Bonchev–Trinajstić information content (AvgIpc) is 2.69. The minimum Gasteiger partial charge on any atom is -0.493 e. The summed E-state index contributed by atoms with van der Waals surface area (Å²) in [4.78, 5) is 0. The van der Waals surface area contributed by atoms with Crippen molar-refractivity contribution in [3.8, 4) is 5.75 Å². The Balaban J connectivity index is 3.03. The lowest BCUT2D eigenvalue weighted by molar-refractivity contribution is 0.391. The summed E-state index contributed by atoms with van der Waals surface area (Å²) in [6.45, 7) is 6.69. The molecule has 1 heterocycles. The van der Waals surface area contributed by atoms with Crippen LogP contribution in [-0.4, -0.2) is 16.9 Å². The first-order valence-corrected chi connectivity index (χ1v) is 5.45. The Morgan fingerprint density at radius 2 is 2.50 bits per heavy atom. The number of hydrazine groups is 1. The number of methoxy groups -OCH3 is 1. The van der Waals surface area contributed by atoms with Crippen molar-refractivity contribution in [1.82, 2.24) is 15.2 Å². The summed E-state index contributed by atoms with van der Waals surface area (Å²) in [6.07, 6.45) is 5.30. The van der Waals surface area contributed by atoms with Crippen molar-refractivity contribution in [3.05, 3.63) is 24.5 Å². The van der Waals surface area contributed by atoms with Crippen molar-refractivity contribution in [1.29, 1.82) is 0 Å². The maximum Gasteiger partial charge on any atom is 0.161 e. The quantitative estimate of drug-likeness (QED) is 0.417. The van der Waals surface area contributed by atoms with E-state index in [1.807, 2.05) is 10.8 Å². The minimum atomic E-state index is -0.0125. The first kappa shape index (κ1) is 12.7. The topological polar surface area (TPSA) is 65.1 Å². The molecule has 0 aromatic carbocycles. The van der Waals surface area contributed by atoms with Gasteiger partial charge in [0.15, 0.2) is 5.75 Å². The molecule has 0 saturated heterocycles. The van der Waals surface area contributed by atoms with Gasteiger partial charge < -0.3 is 4.74 Å². The predicted molar refractivity (Wildman–Crippen MR) is 63.9 cm³/mol. The first-order valence-electron chi connectivity index (χ1n) is 5.45. The van der Waals surface area contributed by atoms with Crippen LogP contribution < -0.4 is 16.0 Å². The third kappa shape index (κ3) is 2.62. The summed E-state index contributed by atoms with van der Waals surface area (Å²) in [5, 5.41) is 4.29. The molecule has 1 atom stereocenters. The van der Waals surface area contributed by atoms with Crippen LogP contribution in [0.1, 0.15) is 31.5 Å². The molecular formula is C11H20N4O. The lowest BCUT2D eigenvalue weighted by atomic mass is 10.1. The van der Waals surface area contributed by atoms with Crippen LogP contribution in [0.5, 0.6) is 5.75 Å². The number of nitrogens with two attached hydrogens (primary N) is 1. The Hall–Kier alpha value is -1.33. The van der Waals surface area contributed by atoms with E-state index < -0.39 is 0 Å². The molecule has 5 heteroatoms. The molecule has 0 radical (unpaired) electrons. The van der Waals surface area contributed by atoms with Crippen molar-refractivity contribution in [2.45, 2.75) is 32.4 Å². The van der Waals surface area contributed by atoms with Crippen LogP contribution in [0.4, 0.5) is 0 Å². The monoisotopic (exact) mass is 224 g/mol. The van der Waals surface area contributed by atoms with E-state index in [1.165, 1.54) is 0 Å². The maximum atomic E-state index is 5.54. The molecule has 0 aliphatic heterocycles. The van der Waals surface area contributed by atoms with Gasteiger partial charge >= 0.3 is 0 Å². The third-order valence-corrected chi connectivity index (χ3v) is 2.43. The fourth-order valence-electron chi connectivity index (χ4n) is 1.70. The fourth-order valence-corrected chi connectivity index (χ4v) is 1.70. The average molecular weight is 224 g/mol. The van der Waals surface area contributed by atoms with Crippen LogP contribution in [0.2, 0.25) is 0 Å². The molecule has 1 unspecified atom stereocenters. The summed E-state index contributed by atoms with van der Waals surface area (Å²) in [6, 6.07) is -0.0125. The van der Waals surface area contributed by atoms with Gasteiger partial charge in [0.05, 0.1) is 25.0 Å². The number of aromatic nitrogens is 2. The largest absolute Gasteiger partial charge is 0.493 e. The summed E-state index contributed by atoms with van der Waals surface area (Å²) < 4.78 is 7.21. The number of nitrogens with zero attached hydrogens (tertiary/aromatic N) is 2. The molecular weight excluding hydrogens is 204 g/mol. The van der Waals surface area contributed by atoms with E-state index in [-0.39, 0.29) is 6.04 Å². The van der Waals surface area contributed by atoms with E-state index in [1.54, 1.807) is 13.3 Å². The molecule has 0 aliphatic carbocycles. The van der Waals surface area contributed by atoms with Gasteiger partial charge in [-0.15, -0.1) is 6.58 Å². The zero-order valence-corrected chi connectivity index (χ0v) is 9.94. The number of rotatable bonds is 7. The Morgan fingerprint density at radius 3 is 3.00 bits per heavy atom. The molecule has 90 valence electrons. The highest BCUT2D eigenvalue weighted by Crippen LogP contribution is 2.26. The van der Waals surface area contributed by atoms with Gasteiger partial charge in [-0.3, -0.25) is 16.0 Å². The Bertz CT molecular complexity index is 335. The normalized spacial score (nSPS) is 12.4. The molecule has 0 aliphatic rings. The van der Waals surface area contributed by atoms with Gasteiger partial charge in [-0.2, -0.15) is 5.10 Å². The fraction of sp³-hybridized carbons (Fsp3) is 0.545. The zero-order valence-electron chi connectivity index (χ0n) is 9.94. The number of nitrogens with one attached hydrogen (secondary N) is 1. The van der Waals surface area contributed by atoms with Gasteiger partial charge in [-0.1, -0.05) is 13.0 Å². The lowest BCUT2D eigenvalue weighted by Crippen LogP contribution is -2.30. The van der Waals surface area contributed by atoms with Crippen LogP contribution in [0.25, 0.3) is 0 Å². The highest BCUT2D eigenvalue weighted by atomic mass is 16.5.